The molecule has 1 N–H and O–H groups in total. The van der Waals surface area contributed by atoms with Gasteiger partial charge in [-0.2, -0.15) is 0 Å². The van der Waals surface area contributed by atoms with Crippen molar-refractivity contribution in [2.45, 2.75) is 26.2 Å². The van der Waals surface area contributed by atoms with Crippen molar-refractivity contribution in [3.63, 3.8) is 0 Å². The lowest BCUT2D eigenvalue weighted by molar-refractivity contribution is 0.376. The molecule has 19 heavy (non-hydrogen) atoms. The molecule has 2 nitrogen and oxygen atoms in total. The molecule has 1 aliphatic heterocycles. The molecule has 1 aromatic carbocycles. The number of benzene rings is 1. The van der Waals surface area contributed by atoms with Crippen molar-refractivity contribution in [3.05, 3.63) is 35.3 Å². The molecular weight excluding hydrogens is 239 g/mol. The SMILES string of the molecule is Cc1c(CC2CCCNC2)c2cc(F)ccc2n1C. The third kappa shape index (κ3) is 2.27. The fraction of sp³-hybridized carbons (Fsp3) is 0.500. The zero-order valence-corrected chi connectivity index (χ0v) is 11.7. The van der Waals surface area contributed by atoms with Crippen molar-refractivity contribution in [1.29, 1.82) is 0 Å². The second-order valence-electron chi connectivity index (χ2n) is 5.70. The third-order valence-electron chi connectivity index (χ3n) is 4.48. The summed E-state index contributed by atoms with van der Waals surface area (Å²) in [5, 5.41) is 4.55. The average Bonchev–Trinajstić information content (AvgIpc) is 2.65. The van der Waals surface area contributed by atoms with E-state index in [0.717, 1.165) is 30.4 Å². The van der Waals surface area contributed by atoms with E-state index in [4.69, 9.17) is 0 Å². The second kappa shape index (κ2) is 4.97. The quantitative estimate of drug-likeness (QED) is 0.877. The summed E-state index contributed by atoms with van der Waals surface area (Å²) in [6.45, 7) is 4.37. The van der Waals surface area contributed by atoms with E-state index in [2.05, 4.69) is 23.9 Å². The minimum Gasteiger partial charge on any atom is -0.348 e. The summed E-state index contributed by atoms with van der Waals surface area (Å²) in [6.07, 6.45) is 3.58. The number of nitrogens with one attached hydrogen (secondary N) is 1. The summed E-state index contributed by atoms with van der Waals surface area (Å²) in [7, 11) is 2.07. The minimum absolute atomic E-state index is 0.138. The Kier molecular flexibility index (Phi) is 3.31. The van der Waals surface area contributed by atoms with Gasteiger partial charge in [0.05, 0.1) is 0 Å². The van der Waals surface area contributed by atoms with E-state index >= 15 is 0 Å². The number of nitrogens with zero attached hydrogens (tertiary/aromatic N) is 1. The van der Waals surface area contributed by atoms with E-state index in [1.54, 1.807) is 12.1 Å². The summed E-state index contributed by atoms with van der Waals surface area (Å²) >= 11 is 0. The molecule has 1 saturated heterocycles. The van der Waals surface area contributed by atoms with Crippen molar-refractivity contribution in [3.8, 4) is 0 Å². The summed E-state index contributed by atoms with van der Waals surface area (Å²) in [5.74, 6) is 0.544. The Morgan fingerprint density at radius 2 is 2.26 bits per heavy atom. The number of piperidine rings is 1. The highest BCUT2D eigenvalue weighted by Crippen LogP contribution is 2.29. The Hall–Kier alpha value is -1.35. The van der Waals surface area contributed by atoms with E-state index in [9.17, 15) is 4.39 Å². The fourth-order valence-electron chi connectivity index (χ4n) is 3.27. The monoisotopic (exact) mass is 260 g/mol. The maximum Gasteiger partial charge on any atom is 0.123 e. The third-order valence-corrected chi connectivity index (χ3v) is 4.48. The van der Waals surface area contributed by atoms with E-state index in [0.29, 0.717) is 5.92 Å². The molecule has 2 aromatic rings. The number of fused-ring (bicyclic) bond motifs is 1. The van der Waals surface area contributed by atoms with Gasteiger partial charge in [0.1, 0.15) is 5.82 Å². The van der Waals surface area contributed by atoms with Crippen LogP contribution in [0.15, 0.2) is 18.2 Å². The highest BCUT2D eigenvalue weighted by atomic mass is 19.1. The number of aryl methyl sites for hydroxylation is 1. The van der Waals surface area contributed by atoms with Gasteiger partial charge in [-0.1, -0.05) is 0 Å². The van der Waals surface area contributed by atoms with E-state index < -0.39 is 0 Å². The molecule has 0 bridgehead atoms. The standard InChI is InChI=1S/C16H21FN2/c1-11-14(8-12-4-3-7-18-10-12)15-9-13(17)5-6-16(15)19(11)2/h5-6,9,12,18H,3-4,7-8,10H2,1-2H3. The molecule has 0 saturated carbocycles. The Bertz CT molecular complexity index is 594. The van der Waals surface area contributed by atoms with Crippen LogP contribution in [-0.2, 0) is 13.5 Å². The molecule has 1 aromatic heterocycles. The molecule has 3 heteroatoms. The van der Waals surface area contributed by atoms with Crippen LogP contribution >= 0.6 is 0 Å². The molecule has 1 atom stereocenters. The lowest BCUT2D eigenvalue weighted by Crippen LogP contribution is -2.30. The van der Waals surface area contributed by atoms with Crippen molar-refractivity contribution in [1.82, 2.24) is 9.88 Å². The van der Waals surface area contributed by atoms with Crippen LogP contribution in [0.4, 0.5) is 4.39 Å². The number of rotatable bonds is 2. The lowest BCUT2D eigenvalue weighted by atomic mass is 9.91. The summed E-state index contributed by atoms with van der Waals surface area (Å²) in [4.78, 5) is 0. The van der Waals surface area contributed by atoms with Crippen LogP contribution < -0.4 is 5.32 Å². The maximum atomic E-state index is 13.5. The smallest absolute Gasteiger partial charge is 0.123 e. The predicted molar refractivity (Wildman–Crippen MR) is 76.9 cm³/mol. The van der Waals surface area contributed by atoms with Crippen molar-refractivity contribution in [2.24, 2.45) is 13.0 Å². The first-order valence-electron chi connectivity index (χ1n) is 7.11. The molecule has 1 aliphatic rings. The number of hydrogen-bond acceptors (Lipinski definition) is 1. The first kappa shape index (κ1) is 12.7. The van der Waals surface area contributed by atoms with Gasteiger partial charge in [-0.25, -0.2) is 4.39 Å². The van der Waals surface area contributed by atoms with E-state index in [-0.39, 0.29) is 5.82 Å². The summed E-state index contributed by atoms with van der Waals surface area (Å²) < 4.78 is 15.7. The van der Waals surface area contributed by atoms with Crippen LogP contribution in [0, 0.1) is 18.7 Å². The second-order valence-corrected chi connectivity index (χ2v) is 5.70. The van der Waals surface area contributed by atoms with E-state index in [1.807, 2.05) is 6.07 Å². The van der Waals surface area contributed by atoms with Gasteiger partial charge in [-0.3, -0.25) is 0 Å². The predicted octanol–water partition coefficient (Wildman–Crippen LogP) is 3.17. The normalized spacial score (nSPS) is 20.1. The van der Waals surface area contributed by atoms with Gasteiger partial charge in [-0.05, 0) is 69.0 Å². The van der Waals surface area contributed by atoms with Gasteiger partial charge in [0.15, 0.2) is 0 Å². The largest absolute Gasteiger partial charge is 0.348 e. The Balaban J connectivity index is 2.01. The number of hydrogen-bond donors (Lipinski definition) is 1. The maximum absolute atomic E-state index is 13.5. The van der Waals surface area contributed by atoms with Crippen molar-refractivity contribution < 1.29 is 4.39 Å². The molecule has 1 unspecified atom stereocenters. The van der Waals surface area contributed by atoms with Crippen LogP contribution in [-0.4, -0.2) is 17.7 Å². The summed E-state index contributed by atoms with van der Waals surface area (Å²) in [5.41, 5.74) is 3.73. The summed E-state index contributed by atoms with van der Waals surface area (Å²) in [6, 6.07) is 5.13. The highest BCUT2D eigenvalue weighted by molar-refractivity contribution is 5.85. The molecule has 2 heterocycles. The van der Waals surface area contributed by atoms with E-state index in [1.165, 1.54) is 24.1 Å². The highest BCUT2D eigenvalue weighted by Gasteiger charge is 2.19. The molecule has 0 aliphatic carbocycles. The molecule has 102 valence electrons. The van der Waals surface area contributed by atoms with Gasteiger partial charge in [0, 0.05) is 23.6 Å². The first-order valence-corrected chi connectivity index (χ1v) is 7.11. The van der Waals surface area contributed by atoms with Crippen molar-refractivity contribution >= 4 is 10.9 Å². The fourth-order valence-corrected chi connectivity index (χ4v) is 3.27. The van der Waals surface area contributed by atoms with Gasteiger partial charge in [-0.15, -0.1) is 0 Å². The Morgan fingerprint density at radius 3 is 3.00 bits per heavy atom. The lowest BCUT2D eigenvalue weighted by Gasteiger charge is -2.22. The molecule has 0 radical (unpaired) electrons. The van der Waals surface area contributed by atoms with Gasteiger partial charge in [0.25, 0.3) is 0 Å². The molecule has 1 fully saturated rings. The molecule has 0 spiro atoms. The van der Waals surface area contributed by atoms with Crippen LogP contribution in [0.2, 0.25) is 0 Å². The van der Waals surface area contributed by atoms with Gasteiger partial charge >= 0.3 is 0 Å². The average molecular weight is 260 g/mol. The van der Waals surface area contributed by atoms with Gasteiger partial charge in [0.2, 0.25) is 0 Å². The van der Waals surface area contributed by atoms with Crippen LogP contribution in [0.5, 0.6) is 0 Å². The number of aromatic nitrogens is 1. The zero-order valence-electron chi connectivity index (χ0n) is 11.7. The molecule has 3 rings (SSSR count). The molecular formula is C16H21FN2. The van der Waals surface area contributed by atoms with Gasteiger partial charge < -0.3 is 9.88 Å². The van der Waals surface area contributed by atoms with Crippen LogP contribution in [0.1, 0.15) is 24.1 Å². The Labute approximate surface area is 113 Å². The Morgan fingerprint density at radius 1 is 1.42 bits per heavy atom. The topological polar surface area (TPSA) is 17.0 Å². The minimum atomic E-state index is -0.138. The van der Waals surface area contributed by atoms with Crippen LogP contribution in [0.3, 0.4) is 0 Å². The zero-order chi connectivity index (χ0) is 13.4. The van der Waals surface area contributed by atoms with Crippen molar-refractivity contribution in [2.75, 3.05) is 13.1 Å². The number of halogens is 1. The molecule has 0 amide bonds. The first-order chi connectivity index (χ1) is 9.16. The van der Waals surface area contributed by atoms with Crippen LogP contribution in [0.25, 0.3) is 10.9 Å².